The number of carboxylic acid groups (broad SMARTS) is 1. The summed E-state index contributed by atoms with van der Waals surface area (Å²) in [6, 6.07) is 0. The molecule has 1 amide bonds. The summed E-state index contributed by atoms with van der Waals surface area (Å²) >= 11 is 0. The molecule has 0 spiro atoms. The minimum atomic E-state index is -0.929. The number of rotatable bonds is 7. The lowest BCUT2D eigenvalue weighted by Crippen LogP contribution is -2.23. The van der Waals surface area contributed by atoms with Crippen molar-refractivity contribution in [1.82, 2.24) is 5.32 Å². The van der Waals surface area contributed by atoms with Crippen molar-refractivity contribution in [2.75, 3.05) is 6.54 Å². The van der Waals surface area contributed by atoms with Gasteiger partial charge in [0, 0.05) is 18.5 Å². The number of amides is 1. The lowest BCUT2D eigenvalue weighted by molar-refractivity contribution is -0.132. The van der Waals surface area contributed by atoms with Gasteiger partial charge in [0.2, 0.25) is 5.91 Å². The summed E-state index contributed by atoms with van der Waals surface area (Å²) in [6.45, 7) is 4.29. The van der Waals surface area contributed by atoms with Crippen molar-refractivity contribution in [2.45, 2.75) is 39.5 Å². The second-order valence-electron chi connectivity index (χ2n) is 3.43. The summed E-state index contributed by atoms with van der Waals surface area (Å²) in [5.41, 5.74) is 0.288. The molecule has 0 rings (SSSR count). The van der Waals surface area contributed by atoms with Crippen LogP contribution in [0.2, 0.25) is 0 Å². The first-order valence-corrected chi connectivity index (χ1v) is 5.24. The molecule has 4 heteroatoms. The summed E-state index contributed by atoms with van der Waals surface area (Å²) < 4.78 is 0. The third kappa shape index (κ3) is 7.73. The van der Waals surface area contributed by atoms with Crippen LogP contribution >= 0.6 is 0 Å². The van der Waals surface area contributed by atoms with Crippen molar-refractivity contribution in [3.8, 4) is 0 Å². The average molecular weight is 213 g/mol. The van der Waals surface area contributed by atoms with Crippen LogP contribution in [0.4, 0.5) is 0 Å². The number of nitrogens with one attached hydrogen (secondary N) is 1. The fraction of sp³-hybridized carbons (Fsp3) is 0.636. The Bertz CT molecular complexity index is 246. The van der Waals surface area contributed by atoms with E-state index in [4.69, 9.17) is 5.11 Å². The fourth-order valence-electron chi connectivity index (χ4n) is 1.00. The van der Waals surface area contributed by atoms with Crippen LogP contribution in [0.1, 0.15) is 39.5 Å². The van der Waals surface area contributed by atoms with E-state index in [1.54, 1.807) is 6.08 Å². The molecule has 4 nitrogen and oxygen atoms in total. The van der Waals surface area contributed by atoms with Crippen LogP contribution in [-0.2, 0) is 9.59 Å². The van der Waals surface area contributed by atoms with Crippen LogP contribution < -0.4 is 5.32 Å². The third-order valence-electron chi connectivity index (χ3n) is 2.01. The van der Waals surface area contributed by atoms with Gasteiger partial charge in [-0.25, -0.2) is 4.79 Å². The molecule has 0 unspecified atom stereocenters. The number of carbonyl (C=O) groups excluding carboxylic acids is 1. The monoisotopic (exact) mass is 213 g/mol. The van der Waals surface area contributed by atoms with Gasteiger partial charge in [0.05, 0.1) is 0 Å². The molecule has 0 aromatic carbocycles. The first kappa shape index (κ1) is 13.7. The van der Waals surface area contributed by atoms with Crippen LogP contribution in [0.5, 0.6) is 0 Å². The molecule has 0 radical (unpaired) electrons. The molecular weight excluding hydrogens is 194 g/mol. The first-order valence-electron chi connectivity index (χ1n) is 5.24. The highest BCUT2D eigenvalue weighted by atomic mass is 16.4. The molecule has 2 N–H and O–H groups in total. The smallest absolute Gasteiger partial charge is 0.330 e. The standard InChI is InChI=1S/C11H19NO3/c1-3-4-8-12-10(13)7-5-6-9(2)11(14)15/h6H,3-5,7-8H2,1-2H3,(H,12,13)(H,14,15)/b9-6+. The van der Waals surface area contributed by atoms with E-state index >= 15 is 0 Å². The molecular formula is C11H19NO3. The molecule has 0 aliphatic rings. The van der Waals surface area contributed by atoms with Crippen LogP contribution in [-0.4, -0.2) is 23.5 Å². The van der Waals surface area contributed by atoms with E-state index in [9.17, 15) is 9.59 Å². The molecule has 86 valence electrons. The zero-order valence-corrected chi connectivity index (χ0v) is 9.38. The molecule has 0 saturated heterocycles. The van der Waals surface area contributed by atoms with E-state index < -0.39 is 5.97 Å². The summed E-state index contributed by atoms with van der Waals surface area (Å²) in [4.78, 5) is 21.6. The van der Waals surface area contributed by atoms with Gasteiger partial charge in [0.1, 0.15) is 0 Å². The lowest BCUT2D eigenvalue weighted by Gasteiger charge is -2.02. The summed E-state index contributed by atoms with van der Waals surface area (Å²) in [5, 5.41) is 11.3. The van der Waals surface area contributed by atoms with Crippen LogP contribution in [0, 0.1) is 0 Å². The Balaban J connectivity index is 3.63. The van der Waals surface area contributed by atoms with E-state index in [1.165, 1.54) is 6.92 Å². The number of aliphatic carboxylic acids is 1. The predicted molar refractivity (Wildman–Crippen MR) is 58.5 cm³/mol. The average Bonchev–Trinajstić information content (AvgIpc) is 2.18. The van der Waals surface area contributed by atoms with E-state index in [1.807, 2.05) is 0 Å². The fourth-order valence-corrected chi connectivity index (χ4v) is 1.00. The van der Waals surface area contributed by atoms with Crippen molar-refractivity contribution in [3.63, 3.8) is 0 Å². The van der Waals surface area contributed by atoms with Crippen molar-refractivity contribution in [3.05, 3.63) is 11.6 Å². The predicted octanol–water partition coefficient (Wildman–Crippen LogP) is 1.71. The molecule has 0 aromatic rings. The molecule has 15 heavy (non-hydrogen) atoms. The molecule has 0 atom stereocenters. The highest BCUT2D eigenvalue weighted by Crippen LogP contribution is 1.98. The van der Waals surface area contributed by atoms with Gasteiger partial charge in [-0.2, -0.15) is 0 Å². The van der Waals surface area contributed by atoms with E-state index in [0.29, 0.717) is 19.4 Å². The van der Waals surface area contributed by atoms with Gasteiger partial charge in [0.25, 0.3) is 0 Å². The van der Waals surface area contributed by atoms with Gasteiger partial charge < -0.3 is 10.4 Å². The van der Waals surface area contributed by atoms with Crippen molar-refractivity contribution in [2.24, 2.45) is 0 Å². The Labute approximate surface area is 90.4 Å². The number of unbranched alkanes of at least 4 members (excludes halogenated alkanes) is 1. The summed E-state index contributed by atoms with van der Waals surface area (Å²) in [6.07, 6.45) is 4.44. The molecule has 0 aromatic heterocycles. The highest BCUT2D eigenvalue weighted by molar-refractivity contribution is 5.85. The van der Waals surface area contributed by atoms with Gasteiger partial charge in [-0.05, 0) is 19.8 Å². The Morgan fingerprint density at radius 3 is 2.60 bits per heavy atom. The molecule has 0 saturated carbocycles. The highest BCUT2D eigenvalue weighted by Gasteiger charge is 2.01. The number of hydrogen-bond acceptors (Lipinski definition) is 2. The second-order valence-corrected chi connectivity index (χ2v) is 3.43. The van der Waals surface area contributed by atoms with Gasteiger partial charge in [-0.3, -0.25) is 4.79 Å². The van der Waals surface area contributed by atoms with E-state index in [2.05, 4.69) is 12.2 Å². The van der Waals surface area contributed by atoms with Crippen LogP contribution in [0.3, 0.4) is 0 Å². The third-order valence-corrected chi connectivity index (χ3v) is 2.01. The topological polar surface area (TPSA) is 66.4 Å². The molecule has 0 heterocycles. The Hall–Kier alpha value is -1.32. The number of allylic oxidation sites excluding steroid dienone is 1. The minimum absolute atomic E-state index is 0.0158. The maximum atomic E-state index is 11.2. The Morgan fingerprint density at radius 1 is 1.40 bits per heavy atom. The van der Waals surface area contributed by atoms with Gasteiger partial charge >= 0.3 is 5.97 Å². The van der Waals surface area contributed by atoms with Crippen molar-refractivity contribution >= 4 is 11.9 Å². The van der Waals surface area contributed by atoms with Crippen LogP contribution in [0.15, 0.2) is 11.6 Å². The van der Waals surface area contributed by atoms with Crippen LogP contribution in [0.25, 0.3) is 0 Å². The molecule has 0 aliphatic carbocycles. The maximum absolute atomic E-state index is 11.2. The minimum Gasteiger partial charge on any atom is -0.478 e. The molecule has 0 aliphatic heterocycles. The summed E-state index contributed by atoms with van der Waals surface area (Å²) in [5.74, 6) is -0.945. The Kier molecular flexibility index (Phi) is 7.32. The molecule has 0 fully saturated rings. The zero-order chi connectivity index (χ0) is 11.7. The Morgan fingerprint density at radius 2 is 2.07 bits per heavy atom. The van der Waals surface area contributed by atoms with E-state index in [0.717, 1.165) is 12.8 Å². The van der Waals surface area contributed by atoms with Gasteiger partial charge in [-0.1, -0.05) is 19.4 Å². The second kappa shape index (κ2) is 8.03. The quantitative estimate of drug-likeness (QED) is 0.500. The summed E-state index contributed by atoms with van der Waals surface area (Å²) in [7, 11) is 0. The number of hydrogen-bond donors (Lipinski definition) is 2. The normalized spacial score (nSPS) is 11.2. The van der Waals surface area contributed by atoms with E-state index in [-0.39, 0.29) is 11.5 Å². The zero-order valence-electron chi connectivity index (χ0n) is 9.38. The number of carbonyl (C=O) groups is 2. The van der Waals surface area contributed by atoms with Crippen molar-refractivity contribution in [1.29, 1.82) is 0 Å². The molecule has 0 bridgehead atoms. The SMILES string of the molecule is CCCCNC(=O)CC/C=C(\C)C(=O)O. The van der Waals surface area contributed by atoms with Crippen molar-refractivity contribution < 1.29 is 14.7 Å². The van der Waals surface area contributed by atoms with Gasteiger partial charge in [-0.15, -0.1) is 0 Å². The maximum Gasteiger partial charge on any atom is 0.330 e. The van der Waals surface area contributed by atoms with Gasteiger partial charge in [0.15, 0.2) is 0 Å². The lowest BCUT2D eigenvalue weighted by atomic mass is 10.2. The largest absolute Gasteiger partial charge is 0.478 e. The number of carboxylic acids is 1. The first-order chi connectivity index (χ1) is 7.07.